The smallest absolute Gasteiger partial charge is 0.162 e. The standard InChI is InChI=1S/C15H22O/c1-9(2)10-8-11-12(13(10)16)15(4)7-5-6-14(11,15)3/h11-12H,5-8H2,1-4H3/t11-,12-,14-,15+/m0/s1. The molecule has 1 heteroatoms. The molecule has 3 aliphatic rings. The quantitative estimate of drug-likeness (QED) is 0.566. The van der Waals surface area contributed by atoms with Crippen molar-refractivity contribution in [2.75, 3.05) is 0 Å². The summed E-state index contributed by atoms with van der Waals surface area (Å²) in [6, 6.07) is 0. The molecular weight excluding hydrogens is 196 g/mol. The van der Waals surface area contributed by atoms with Gasteiger partial charge in [-0.1, -0.05) is 25.8 Å². The highest BCUT2D eigenvalue weighted by Crippen LogP contribution is 2.76. The Morgan fingerprint density at radius 1 is 1.19 bits per heavy atom. The van der Waals surface area contributed by atoms with Crippen LogP contribution in [0.1, 0.15) is 53.4 Å². The molecule has 16 heavy (non-hydrogen) atoms. The van der Waals surface area contributed by atoms with Crippen LogP contribution in [0.2, 0.25) is 0 Å². The molecule has 0 aromatic carbocycles. The lowest BCUT2D eigenvalue weighted by Crippen LogP contribution is -2.59. The summed E-state index contributed by atoms with van der Waals surface area (Å²) >= 11 is 0. The Morgan fingerprint density at radius 3 is 2.44 bits per heavy atom. The summed E-state index contributed by atoms with van der Waals surface area (Å²) < 4.78 is 0. The van der Waals surface area contributed by atoms with Crippen molar-refractivity contribution >= 4 is 5.78 Å². The van der Waals surface area contributed by atoms with Gasteiger partial charge in [-0.05, 0) is 55.4 Å². The van der Waals surface area contributed by atoms with Crippen LogP contribution in [0.15, 0.2) is 11.1 Å². The largest absolute Gasteiger partial charge is 0.294 e. The maximum atomic E-state index is 12.4. The second-order valence-electron chi connectivity index (χ2n) is 6.82. The molecule has 0 radical (unpaired) electrons. The average Bonchev–Trinajstić information content (AvgIpc) is 2.64. The summed E-state index contributed by atoms with van der Waals surface area (Å²) in [5.41, 5.74) is 3.20. The van der Waals surface area contributed by atoms with Crippen molar-refractivity contribution in [2.24, 2.45) is 22.7 Å². The maximum absolute atomic E-state index is 12.4. The Labute approximate surface area is 98.3 Å². The van der Waals surface area contributed by atoms with Crippen molar-refractivity contribution in [3.8, 4) is 0 Å². The molecule has 0 saturated heterocycles. The molecule has 3 saturated carbocycles. The van der Waals surface area contributed by atoms with Crippen LogP contribution in [0, 0.1) is 22.7 Å². The fraction of sp³-hybridized carbons (Fsp3) is 0.800. The van der Waals surface area contributed by atoms with Crippen molar-refractivity contribution < 1.29 is 4.79 Å². The number of carbonyl (C=O) groups excluding carboxylic acids is 1. The maximum Gasteiger partial charge on any atom is 0.162 e. The third-order valence-electron chi connectivity index (χ3n) is 6.21. The van der Waals surface area contributed by atoms with E-state index in [0.29, 0.717) is 28.4 Å². The molecule has 0 amide bonds. The molecule has 1 nitrogen and oxygen atoms in total. The Hall–Kier alpha value is -0.590. The SMILES string of the molecule is CC(C)=C1C[C@H]2[C@@H](C1=O)[C@@]1(C)CCC[C@@]21C. The van der Waals surface area contributed by atoms with Gasteiger partial charge >= 0.3 is 0 Å². The van der Waals surface area contributed by atoms with Crippen molar-refractivity contribution in [2.45, 2.75) is 53.4 Å². The summed E-state index contributed by atoms with van der Waals surface area (Å²) in [5, 5.41) is 0. The van der Waals surface area contributed by atoms with Gasteiger partial charge in [0.2, 0.25) is 0 Å². The fourth-order valence-corrected chi connectivity index (χ4v) is 5.00. The monoisotopic (exact) mass is 218 g/mol. The molecule has 4 atom stereocenters. The Kier molecular flexibility index (Phi) is 1.85. The van der Waals surface area contributed by atoms with E-state index in [1.165, 1.54) is 24.8 Å². The van der Waals surface area contributed by atoms with E-state index in [1.807, 2.05) is 0 Å². The lowest BCUT2D eigenvalue weighted by Gasteiger charge is -2.61. The summed E-state index contributed by atoms with van der Waals surface area (Å²) in [4.78, 5) is 12.4. The van der Waals surface area contributed by atoms with Crippen LogP contribution in [-0.2, 0) is 4.79 Å². The molecule has 3 fully saturated rings. The molecule has 0 spiro atoms. The predicted molar refractivity (Wildman–Crippen MR) is 65.0 cm³/mol. The normalized spacial score (nSPS) is 50.0. The molecule has 0 bridgehead atoms. The number of allylic oxidation sites excluding steroid dienone is 2. The van der Waals surface area contributed by atoms with Crippen molar-refractivity contribution in [3.63, 3.8) is 0 Å². The van der Waals surface area contributed by atoms with E-state index in [9.17, 15) is 4.79 Å². The minimum Gasteiger partial charge on any atom is -0.294 e. The number of fused-ring (bicyclic) bond motifs is 4. The third kappa shape index (κ3) is 0.881. The van der Waals surface area contributed by atoms with Crippen LogP contribution >= 0.6 is 0 Å². The Morgan fingerprint density at radius 2 is 1.81 bits per heavy atom. The highest BCUT2D eigenvalue weighted by molar-refractivity contribution is 6.02. The molecule has 0 unspecified atom stereocenters. The molecule has 3 rings (SSSR count). The first-order valence-electron chi connectivity index (χ1n) is 6.62. The van der Waals surface area contributed by atoms with Crippen LogP contribution in [-0.4, -0.2) is 5.78 Å². The van der Waals surface area contributed by atoms with E-state index in [2.05, 4.69) is 27.7 Å². The Bertz CT molecular complexity index is 402. The van der Waals surface area contributed by atoms with Gasteiger partial charge in [-0.15, -0.1) is 0 Å². The molecule has 88 valence electrons. The molecule has 3 aliphatic carbocycles. The van der Waals surface area contributed by atoms with Gasteiger partial charge in [-0.2, -0.15) is 0 Å². The van der Waals surface area contributed by atoms with E-state index in [1.54, 1.807) is 0 Å². The topological polar surface area (TPSA) is 17.1 Å². The van der Waals surface area contributed by atoms with Crippen molar-refractivity contribution in [1.82, 2.24) is 0 Å². The summed E-state index contributed by atoms with van der Waals surface area (Å²) in [6.07, 6.45) is 5.01. The highest BCUT2D eigenvalue weighted by atomic mass is 16.1. The zero-order valence-corrected chi connectivity index (χ0v) is 10.9. The van der Waals surface area contributed by atoms with E-state index in [-0.39, 0.29) is 0 Å². The predicted octanol–water partition coefficient (Wildman–Crippen LogP) is 3.74. The summed E-state index contributed by atoms with van der Waals surface area (Å²) in [5.74, 6) is 1.52. The molecule has 0 aliphatic heterocycles. The van der Waals surface area contributed by atoms with Gasteiger partial charge in [-0.25, -0.2) is 0 Å². The van der Waals surface area contributed by atoms with Crippen molar-refractivity contribution in [1.29, 1.82) is 0 Å². The number of rotatable bonds is 0. The summed E-state index contributed by atoms with van der Waals surface area (Å²) in [6.45, 7) is 8.99. The van der Waals surface area contributed by atoms with E-state index in [0.717, 1.165) is 12.0 Å². The lowest BCUT2D eigenvalue weighted by atomic mass is 9.41. The average molecular weight is 218 g/mol. The third-order valence-corrected chi connectivity index (χ3v) is 6.21. The zero-order valence-electron chi connectivity index (χ0n) is 10.9. The summed E-state index contributed by atoms with van der Waals surface area (Å²) in [7, 11) is 0. The fourth-order valence-electron chi connectivity index (χ4n) is 5.00. The second kappa shape index (κ2) is 2.80. The molecule has 0 N–H and O–H groups in total. The van der Waals surface area contributed by atoms with Gasteiger partial charge in [0, 0.05) is 5.92 Å². The second-order valence-corrected chi connectivity index (χ2v) is 6.82. The molecule has 0 aromatic heterocycles. The number of ketones is 1. The minimum absolute atomic E-state index is 0.325. The molecule has 0 heterocycles. The first kappa shape index (κ1) is 10.6. The number of hydrogen-bond acceptors (Lipinski definition) is 1. The number of hydrogen-bond donors (Lipinski definition) is 0. The lowest BCUT2D eigenvalue weighted by molar-refractivity contribution is -0.165. The number of Topliss-reactive ketones (excluding diaryl/α,β-unsaturated/α-hetero) is 1. The van der Waals surface area contributed by atoms with Crippen molar-refractivity contribution in [3.05, 3.63) is 11.1 Å². The van der Waals surface area contributed by atoms with Gasteiger partial charge in [0.05, 0.1) is 0 Å². The van der Waals surface area contributed by atoms with Crippen LogP contribution < -0.4 is 0 Å². The van der Waals surface area contributed by atoms with Crippen LogP contribution in [0.4, 0.5) is 0 Å². The van der Waals surface area contributed by atoms with Crippen LogP contribution in [0.25, 0.3) is 0 Å². The zero-order chi connectivity index (χ0) is 11.7. The van der Waals surface area contributed by atoms with Crippen LogP contribution in [0.5, 0.6) is 0 Å². The first-order chi connectivity index (χ1) is 7.42. The minimum atomic E-state index is 0.325. The highest BCUT2D eigenvalue weighted by Gasteiger charge is 2.72. The van der Waals surface area contributed by atoms with E-state index in [4.69, 9.17) is 0 Å². The van der Waals surface area contributed by atoms with E-state index >= 15 is 0 Å². The van der Waals surface area contributed by atoms with Crippen LogP contribution in [0.3, 0.4) is 0 Å². The molecular formula is C15H22O. The number of carbonyl (C=O) groups is 1. The first-order valence-corrected chi connectivity index (χ1v) is 6.62. The Balaban J connectivity index is 2.04. The van der Waals surface area contributed by atoms with Gasteiger partial charge < -0.3 is 0 Å². The van der Waals surface area contributed by atoms with Gasteiger partial charge in [0.15, 0.2) is 5.78 Å². The molecule has 0 aromatic rings. The van der Waals surface area contributed by atoms with Gasteiger partial charge in [0.25, 0.3) is 0 Å². The van der Waals surface area contributed by atoms with E-state index < -0.39 is 0 Å². The van der Waals surface area contributed by atoms with Gasteiger partial charge in [-0.3, -0.25) is 4.79 Å². The van der Waals surface area contributed by atoms with Gasteiger partial charge in [0.1, 0.15) is 0 Å².